The van der Waals surface area contributed by atoms with E-state index in [0.29, 0.717) is 5.56 Å². The summed E-state index contributed by atoms with van der Waals surface area (Å²) in [6, 6.07) is 13.3. The number of nitrogens with one attached hydrogen (secondary N) is 2. The van der Waals surface area contributed by atoms with Crippen molar-refractivity contribution in [1.82, 2.24) is 10.6 Å². The van der Waals surface area contributed by atoms with Crippen LogP contribution in [0.1, 0.15) is 15.9 Å². The molecule has 7 nitrogen and oxygen atoms in total. The summed E-state index contributed by atoms with van der Waals surface area (Å²) in [6.07, 6.45) is 0. The van der Waals surface area contributed by atoms with Gasteiger partial charge in [-0.1, -0.05) is 30.3 Å². The Labute approximate surface area is 162 Å². The Hall–Kier alpha value is -3.25. The first kappa shape index (κ1) is 21.1. The molecule has 2 aromatic rings. The van der Waals surface area contributed by atoms with Crippen LogP contribution < -0.4 is 10.6 Å². The molecule has 0 radical (unpaired) electrons. The standard InChI is InChI=1S/C19H18FN3O4S/c20-16-8-6-14(7-9-16)12-28(26,27)13-17(19(25)22-11-10-21)23-18(24)15-4-2-1-3-5-15/h1-9,17H,11-13H2,(H,22,25)(H,23,24)/t17-/m0/s1. The number of nitriles is 1. The zero-order valence-electron chi connectivity index (χ0n) is 14.8. The number of halogens is 1. The fourth-order valence-corrected chi connectivity index (χ4v) is 3.97. The van der Waals surface area contributed by atoms with Crippen molar-refractivity contribution in [3.63, 3.8) is 0 Å². The molecule has 0 unspecified atom stereocenters. The number of carbonyl (C=O) groups is 2. The quantitative estimate of drug-likeness (QED) is 0.642. The second-order valence-corrected chi connectivity index (χ2v) is 8.06. The van der Waals surface area contributed by atoms with Gasteiger partial charge in [0, 0.05) is 5.56 Å². The van der Waals surface area contributed by atoms with E-state index in [4.69, 9.17) is 5.26 Å². The van der Waals surface area contributed by atoms with E-state index in [1.54, 1.807) is 24.3 Å². The van der Waals surface area contributed by atoms with E-state index in [9.17, 15) is 22.4 Å². The summed E-state index contributed by atoms with van der Waals surface area (Å²) in [4.78, 5) is 24.6. The fraction of sp³-hybridized carbons (Fsp3) is 0.211. The maximum absolute atomic E-state index is 13.0. The molecular formula is C19H18FN3O4S. The van der Waals surface area contributed by atoms with Crippen LogP contribution >= 0.6 is 0 Å². The molecule has 0 fully saturated rings. The fourth-order valence-electron chi connectivity index (χ4n) is 2.41. The van der Waals surface area contributed by atoms with Crippen molar-refractivity contribution >= 4 is 21.7 Å². The van der Waals surface area contributed by atoms with Gasteiger partial charge in [-0.25, -0.2) is 12.8 Å². The Kier molecular flexibility index (Phi) is 7.23. The predicted molar refractivity (Wildman–Crippen MR) is 100 cm³/mol. The van der Waals surface area contributed by atoms with Crippen molar-refractivity contribution in [2.75, 3.05) is 12.3 Å². The van der Waals surface area contributed by atoms with Gasteiger partial charge in [0.25, 0.3) is 5.91 Å². The molecule has 9 heteroatoms. The average Bonchev–Trinajstić information content (AvgIpc) is 2.67. The van der Waals surface area contributed by atoms with Crippen molar-refractivity contribution in [2.45, 2.75) is 11.8 Å². The van der Waals surface area contributed by atoms with Crippen LogP contribution in [0, 0.1) is 17.1 Å². The van der Waals surface area contributed by atoms with E-state index in [1.807, 2.05) is 0 Å². The molecule has 0 aromatic heterocycles. The Balaban J connectivity index is 2.15. The molecule has 0 heterocycles. The smallest absolute Gasteiger partial charge is 0.251 e. The molecule has 0 aliphatic rings. The van der Waals surface area contributed by atoms with Gasteiger partial charge in [-0.15, -0.1) is 0 Å². The lowest BCUT2D eigenvalue weighted by atomic mass is 10.2. The summed E-state index contributed by atoms with van der Waals surface area (Å²) >= 11 is 0. The largest absolute Gasteiger partial charge is 0.341 e. The van der Waals surface area contributed by atoms with Crippen molar-refractivity contribution < 1.29 is 22.4 Å². The number of rotatable bonds is 8. The second kappa shape index (κ2) is 9.62. The Morgan fingerprint density at radius 1 is 1.07 bits per heavy atom. The maximum atomic E-state index is 13.0. The monoisotopic (exact) mass is 403 g/mol. The number of carbonyl (C=O) groups excluding carboxylic acids is 2. The lowest BCUT2D eigenvalue weighted by Crippen LogP contribution is -2.50. The van der Waals surface area contributed by atoms with Crippen molar-refractivity contribution in [1.29, 1.82) is 5.26 Å². The highest BCUT2D eigenvalue weighted by atomic mass is 32.2. The van der Waals surface area contributed by atoms with E-state index in [-0.39, 0.29) is 12.1 Å². The first-order valence-electron chi connectivity index (χ1n) is 8.26. The molecule has 2 aromatic carbocycles. The first-order chi connectivity index (χ1) is 13.3. The van der Waals surface area contributed by atoms with Gasteiger partial charge in [0.2, 0.25) is 5.91 Å². The molecule has 28 heavy (non-hydrogen) atoms. The van der Waals surface area contributed by atoms with Crippen molar-refractivity contribution in [3.8, 4) is 6.07 Å². The molecular weight excluding hydrogens is 385 g/mol. The molecule has 2 rings (SSSR count). The molecule has 0 saturated carbocycles. The van der Waals surface area contributed by atoms with Gasteiger partial charge in [0.1, 0.15) is 18.4 Å². The van der Waals surface area contributed by atoms with Gasteiger partial charge in [-0.3, -0.25) is 9.59 Å². The molecule has 0 spiro atoms. The van der Waals surface area contributed by atoms with Crippen molar-refractivity contribution in [2.24, 2.45) is 0 Å². The number of benzene rings is 2. The van der Waals surface area contributed by atoms with Crippen LogP contribution in [0.4, 0.5) is 4.39 Å². The summed E-state index contributed by atoms with van der Waals surface area (Å²) in [5.74, 6) is -2.98. The highest BCUT2D eigenvalue weighted by Crippen LogP contribution is 2.10. The van der Waals surface area contributed by atoms with Crippen LogP contribution in [0.2, 0.25) is 0 Å². The average molecular weight is 403 g/mol. The van der Waals surface area contributed by atoms with Crippen LogP contribution in [0.3, 0.4) is 0 Å². The number of amides is 2. The maximum Gasteiger partial charge on any atom is 0.251 e. The number of hydrogen-bond acceptors (Lipinski definition) is 5. The zero-order chi connectivity index (χ0) is 20.6. The second-order valence-electron chi connectivity index (χ2n) is 5.95. The van der Waals surface area contributed by atoms with E-state index >= 15 is 0 Å². The van der Waals surface area contributed by atoms with Gasteiger partial charge < -0.3 is 10.6 Å². The minimum atomic E-state index is -3.83. The van der Waals surface area contributed by atoms with Gasteiger partial charge in [0.15, 0.2) is 9.84 Å². The summed E-state index contributed by atoms with van der Waals surface area (Å²) in [7, 11) is -3.83. The van der Waals surface area contributed by atoms with Gasteiger partial charge in [-0.2, -0.15) is 5.26 Å². The minimum Gasteiger partial charge on any atom is -0.341 e. The third kappa shape index (κ3) is 6.48. The summed E-state index contributed by atoms with van der Waals surface area (Å²) in [5, 5.41) is 13.3. The summed E-state index contributed by atoms with van der Waals surface area (Å²) in [5.41, 5.74) is 0.614. The van der Waals surface area contributed by atoms with E-state index in [1.165, 1.54) is 24.3 Å². The minimum absolute atomic E-state index is 0.261. The van der Waals surface area contributed by atoms with Gasteiger partial charge in [0.05, 0.1) is 17.6 Å². The molecule has 0 aliphatic heterocycles. The Morgan fingerprint density at radius 3 is 2.32 bits per heavy atom. The van der Waals surface area contributed by atoms with Crippen molar-refractivity contribution in [3.05, 3.63) is 71.5 Å². The van der Waals surface area contributed by atoms with Crippen LogP contribution in [0.25, 0.3) is 0 Å². The van der Waals surface area contributed by atoms with Crippen LogP contribution in [0.5, 0.6) is 0 Å². The third-order valence-electron chi connectivity index (χ3n) is 3.72. The van der Waals surface area contributed by atoms with E-state index in [2.05, 4.69) is 10.6 Å². The van der Waals surface area contributed by atoms with Crippen LogP contribution in [-0.4, -0.2) is 38.6 Å². The van der Waals surface area contributed by atoms with Crippen LogP contribution in [0.15, 0.2) is 54.6 Å². The van der Waals surface area contributed by atoms with Gasteiger partial charge >= 0.3 is 0 Å². The normalized spacial score (nSPS) is 11.9. The molecule has 0 bridgehead atoms. The Morgan fingerprint density at radius 2 is 1.71 bits per heavy atom. The lowest BCUT2D eigenvalue weighted by molar-refractivity contribution is -0.122. The highest BCUT2D eigenvalue weighted by Gasteiger charge is 2.27. The Bertz CT molecular complexity index is 970. The van der Waals surface area contributed by atoms with Crippen LogP contribution in [-0.2, 0) is 20.4 Å². The molecule has 1 atom stereocenters. The zero-order valence-corrected chi connectivity index (χ0v) is 15.6. The molecule has 2 N–H and O–H groups in total. The number of nitrogens with zero attached hydrogens (tertiary/aromatic N) is 1. The lowest BCUT2D eigenvalue weighted by Gasteiger charge is -2.18. The summed E-state index contributed by atoms with van der Waals surface area (Å²) in [6.45, 7) is -0.325. The predicted octanol–water partition coefficient (Wildman–Crippen LogP) is 1.18. The molecule has 0 aliphatic carbocycles. The molecule has 146 valence electrons. The highest BCUT2D eigenvalue weighted by molar-refractivity contribution is 7.90. The molecule has 0 saturated heterocycles. The summed E-state index contributed by atoms with van der Waals surface area (Å²) < 4.78 is 38.0. The SMILES string of the molecule is N#CCNC(=O)[C@H](CS(=O)(=O)Cc1ccc(F)cc1)NC(=O)c1ccccc1. The number of hydrogen-bond donors (Lipinski definition) is 2. The topological polar surface area (TPSA) is 116 Å². The third-order valence-corrected chi connectivity index (χ3v) is 5.33. The number of sulfone groups is 1. The van der Waals surface area contributed by atoms with Gasteiger partial charge in [-0.05, 0) is 29.8 Å². The molecule has 2 amide bonds. The van der Waals surface area contributed by atoms with E-state index in [0.717, 1.165) is 12.1 Å². The first-order valence-corrected chi connectivity index (χ1v) is 10.1. The van der Waals surface area contributed by atoms with E-state index < -0.39 is 45.0 Å².